The molecule has 2 aromatic rings. The van der Waals surface area contributed by atoms with E-state index in [4.69, 9.17) is 4.74 Å². The molecular formula is C20H23FN2O3. The molecule has 138 valence electrons. The van der Waals surface area contributed by atoms with Gasteiger partial charge in [-0.3, -0.25) is 9.59 Å². The zero-order valence-electron chi connectivity index (χ0n) is 15.2. The van der Waals surface area contributed by atoms with Crippen LogP contribution < -0.4 is 10.1 Å². The van der Waals surface area contributed by atoms with Crippen LogP contribution >= 0.6 is 0 Å². The van der Waals surface area contributed by atoms with Crippen molar-refractivity contribution >= 4 is 11.8 Å². The molecule has 2 rings (SSSR count). The van der Waals surface area contributed by atoms with E-state index in [2.05, 4.69) is 5.32 Å². The molecule has 0 aromatic heterocycles. The van der Waals surface area contributed by atoms with Gasteiger partial charge in [-0.05, 0) is 42.3 Å². The van der Waals surface area contributed by atoms with Crippen LogP contribution in [0.4, 0.5) is 4.39 Å². The standard InChI is InChI=1S/C20H23FN2O3/c1-14(20(25)22-12-16-6-10-19(26-3)11-7-16)23(15(2)24)13-17-4-8-18(21)9-5-17/h4-11,14H,12-13H2,1-3H3,(H,22,25)/t14-/m1/s1. The minimum absolute atomic E-state index is 0.221. The second-order valence-electron chi connectivity index (χ2n) is 6.02. The lowest BCUT2D eigenvalue weighted by Crippen LogP contribution is -2.46. The molecule has 5 nitrogen and oxygen atoms in total. The van der Waals surface area contributed by atoms with E-state index >= 15 is 0 Å². The molecule has 0 fully saturated rings. The third kappa shape index (κ3) is 5.31. The van der Waals surface area contributed by atoms with Gasteiger partial charge in [0.05, 0.1) is 7.11 Å². The Kier molecular flexibility index (Phi) is 6.72. The summed E-state index contributed by atoms with van der Waals surface area (Å²) in [5, 5.41) is 2.83. The van der Waals surface area contributed by atoms with Gasteiger partial charge in [-0.25, -0.2) is 4.39 Å². The quantitative estimate of drug-likeness (QED) is 0.828. The summed E-state index contributed by atoms with van der Waals surface area (Å²) in [7, 11) is 1.59. The summed E-state index contributed by atoms with van der Waals surface area (Å²) in [6, 6.07) is 12.6. The summed E-state index contributed by atoms with van der Waals surface area (Å²) in [6.45, 7) is 3.69. The Hall–Kier alpha value is -2.89. The van der Waals surface area contributed by atoms with Crippen LogP contribution in [0.5, 0.6) is 5.75 Å². The second-order valence-corrected chi connectivity index (χ2v) is 6.02. The summed E-state index contributed by atoms with van der Waals surface area (Å²) in [4.78, 5) is 25.9. The number of hydrogen-bond donors (Lipinski definition) is 1. The number of benzene rings is 2. The summed E-state index contributed by atoms with van der Waals surface area (Å²) >= 11 is 0. The molecule has 0 radical (unpaired) electrons. The summed E-state index contributed by atoms with van der Waals surface area (Å²) in [5.41, 5.74) is 1.69. The van der Waals surface area contributed by atoms with Gasteiger partial charge >= 0.3 is 0 Å². The zero-order valence-corrected chi connectivity index (χ0v) is 15.2. The second kappa shape index (κ2) is 8.99. The lowest BCUT2D eigenvalue weighted by molar-refractivity contribution is -0.139. The molecule has 0 aliphatic rings. The first-order chi connectivity index (χ1) is 12.4. The van der Waals surface area contributed by atoms with Crippen molar-refractivity contribution in [3.63, 3.8) is 0 Å². The van der Waals surface area contributed by atoms with Gasteiger partial charge < -0.3 is 15.0 Å². The van der Waals surface area contributed by atoms with Crippen LogP contribution in [0, 0.1) is 5.82 Å². The molecule has 0 aliphatic carbocycles. The molecule has 1 atom stereocenters. The third-order valence-corrected chi connectivity index (χ3v) is 4.14. The van der Waals surface area contributed by atoms with Gasteiger partial charge in [0.25, 0.3) is 0 Å². The molecule has 2 aromatic carbocycles. The zero-order chi connectivity index (χ0) is 19.1. The largest absolute Gasteiger partial charge is 0.497 e. The van der Waals surface area contributed by atoms with Crippen molar-refractivity contribution in [1.29, 1.82) is 0 Å². The lowest BCUT2D eigenvalue weighted by Gasteiger charge is -2.27. The smallest absolute Gasteiger partial charge is 0.242 e. The van der Waals surface area contributed by atoms with E-state index in [0.717, 1.165) is 16.9 Å². The highest BCUT2D eigenvalue weighted by Crippen LogP contribution is 2.12. The highest BCUT2D eigenvalue weighted by atomic mass is 19.1. The molecular weight excluding hydrogens is 335 g/mol. The normalized spacial score (nSPS) is 11.5. The Morgan fingerprint density at radius 1 is 1.08 bits per heavy atom. The number of carbonyl (C=O) groups is 2. The van der Waals surface area contributed by atoms with Crippen LogP contribution in [0.25, 0.3) is 0 Å². The third-order valence-electron chi connectivity index (χ3n) is 4.14. The number of carbonyl (C=O) groups excluding carboxylic acids is 2. The lowest BCUT2D eigenvalue weighted by atomic mass is 10.1. The fraction of sp³-hybridized carbons (Fsp3) is 0.300. The van der Waals surface area contributed by atoms with E-state index in [1.54, 1.807) is 26.2 Å². The number of ether oxygens (including phenoxy) is 1. The summed E-state index contributed by atoms with van der Waals surface area (Å²) in [5.74, 6) is -0.0662. The van der Waals surface area contributed by atoms with Gasteiger partial charge in [0.2, 0.25) is 11.8 Å². The molecule has 26 heavy (non-hydrogen) atoms. The van der Waals surface area contributed by atoms with Crippen molar-refractivity contribution in [3.05, 3.63) is 65.5 Å². The van der Waals surface area contributed by atoms with Crippen molar-refractivity contribution in [2.24, 2.45) is 0 Å². The van der Waals surface area contributed by atoms with Crippen molar-refractivity contribution in [1.82, 2.24) is 10.2 Å². The Morgan fingerprint density at radius 2 is 1.65 bits per heavy atom. The highest BCUT2D eigenvalue weighted by Gasteiger charge is 2.23. The Bertz CT molecular complexity index is 745. The minimum atomic E-state index is -0.643. The number of methoxy groups -OCH3 is 1. The van der Waals surface area contributed by atoms with Gasteiger partial charge in [0.1, 0.15) is 17.6 Å². The van der Waals surface area contributed by atoms with Crippen LogP contribution in [0.15, 0.2) is 48.5 Å². The predicted octanol–water partition coefficient (Wildman–Crippen LogP) is 2.89. The molecule has 0 saturated carbocycles. The Labute approximate surface area is 152 Å². The number of halogens is 1. The Balaban J connectivity index is 1.97. The van der Waals surface area contributed by atoms with Crippen LogP contribution in [0.2, 0.25) is 0 Å². The van der Waals surface area contributed by atoms with Gasteiger partial charge in [-0.15, -0.1) is 0 Å². The molecule has 0 unspecified atom stereocenters. The van der Waals surface area contributed by atoms with E-state index in [0.29, 0.717) is 6.54 Å². The molecule has 0 heterocycles. The van der Waals surface area contributed by atoms with Gasteiger partial charge in [-0.1, -0.05) is 24.3 Å². The van der Waals surface area contributed by atoms with Crippen molar-refractivity contribution in [3.8, 4) is 5.75 Å². The van der Waals surface area contributed by atoms with Crippen molar-refractivity contribution < 1.29 is 18.7 Å². The number of amides is 2. The van der Waals surface area contributed by atoms with E-state index < -0.39 is 6.04 Å². The first-order valence-corrected chi connectivity index (χ1v) is 8.33. The molecule has 2 amide bonds. The van der Waals surface area contributed by atoms with Gasteiger partial charge in [0, 0.05) is 20.0 Å². The van der Waals surface area contributed by atoms with Crippen molar-refractivity contribution in [2.75, 3.05) is 7.11 Å². The molecule has 1 N–H and O–H groups in total. The summed E-state index contributed by atoms with van der Waals surface area (Å²) in [6.07, 6.45) is 0. The first-order valence-electron chi connectivity index (χ1n) is 8.33. The SMILES string of the molecule is COc1ccc(CNC(=O)[C@@H](C)N(Cc2ccc(F)cc2)C(C)=O)cc1. The average Bonchev–Trinajstić information content (AvgIpc) is 2.65. The van der Waals surface area contributed by atoms with E-state index in [9.17, 15) is 14.0 Å². The summed E-state index contributed by atoms with van der Waals surface area (Å²) < 4.78 is 18.1. The fourth-order valence-corrected chi connectivity index (χ4v) is 2.53. The van der Waals surface area contributed by atoms with Crippen LogP contribution in [-0.2, 0) is 22.7 Å². The monoisotopic (exact) mass is 358 g/mol. The molecule has 0 spiro atoms. The van der Waals surface area contributed by atoms with Gasteiger partial charge in [-0.2, -0.15) is 0 Å². The number of nitrogens with one attached hydrogen (secondary N) is 1. The maximum atomic E-state index is 13.0. The topological polar surface area (TPSA) is 58.6 Å². The van der Waals surface area contributed by atoms with Crippen LogP contribution in [0.3, 0.4) is 0 Å². The predicted molar refractivity (Wildman–Crippen MR) is 96.9 cm³/mol. The first kappa shape index (κ1) is 19.4. The van der Waals surface area contributed by atoms with E-state index in [1.165, 1.54) is 24.0 Å². The van der Waals surface area contributed by atoms with Crippen LogP contribution in [0.1, 0.15) is 25.0 Å². The molecule has 0 saturated heterocycles. The number of hydrogen-bond acceptors (Lipinski definition) is 3. The maximum Gasteiger partial charge on any atom is 0.242 e. The van der Waals surface area contributed by atoms with Crippen LogP contribution in [-0.4, -0.2) is 29.9 Å². The fourth-order valence-electron chi connectivity index (χ4n) is 2.53. The number of rotatable bonds is 7. The molecule has 0 bridgehead atoms. The van der Waals surface area contributed by atoms with E-state index in [1.807, 2.05) is 24.3 Å². The van der Waals surface area contributed by atoms with Gasteiger partial charge in [0.15, 0.2) is 0 Å². The van der Waals surface area contributed by atoms with E-state index in [-0.39, 0.29) is 24.2 Å². The average molecular weight is 358 g/mol. The Morgan fingerprint density at radius 3 is 2.19 bits per heavy atom. The molecule has 0 aliphatic heterocycles. The van der Waals surface area contributed by atoms with Crippen molar-refractivity contribution in [2.45, 2.75) is 33.0 Å². The number of nitrogens with zero attached hydrogens (tertiary/aromatic N) is 1. The highest BCUT2D eigenvalue weighted by molar-refractivity contribution is 5.86. The minimum Gasteiger partial charge on any atom is -0.497 e. The maximum absolute atomic E-state index is 13.0. The molecule has 6 heteroatoms.